The Kier molecular flexibility index (Phi) is 4.49. The predicted octanol–water partition coefficient (Wildman–Crippen LogP) is 3.68. The summed E-state index contributed by atoms with van der Waals surface area (Å²) < 4.78 is 5.46. The van der Waals surface area contributed by atoms with Gasteiger partial charge in [-0.3, -0.25) is 4.79 Å². The molecular weight excluding hydrogens is 294 g/mol. The van der Waals surface area contributed by atoms with Crippen molar-refractivity contribution in [2.24, 2.45) is 0 Å². The number of nitrogens with zero attached hydrogens (tertiary/aromatic N) is 1. The highest BCUT2D eigenvalue weighted by molar-refractivity contribution is 9.09. The number of furan rings is 1. The van der Waals surface area contributed by atoms with E-state index in [1.165, 1.54) is 0 Å². The van der Waals surface area contributed by atoms with Crippen LogP contribution in [0.1, 0.15) is 47.6 Å². The van der Waals surface area contributed by atoms with Crippen LogP contribution in [0.2, 0.25) is 0 Å². The van der Waals surface area contributed by atoms with Gasteiger partial charge in [-0.1, -0.05) is 15.9 Å². The maximum atomic E-state index is 12.5. The van der Waals surface area contributed by atoms with Crippen molar-refractivity contribution in [1.82, 2.24) is 4.90 Å². The highest BCUT2D eigenvalue weighted by Gasteiger charge is 2.30. The van der Waals surface area contributed by atoms with Crippen molar-refractivity contribution < 1.29 is 9.21 Å². The molecule has 0 radical (unpaired) electrons. The lowest BCUT2D eigenvalue weighted by Gasteiger charge is -2.24. The molecule has 18 heavy (non-hydrogen) atoms. The van der Waals surface area contributed by atoms with Crippen molar-refractivity contribution in [3.8, 4) is 0 Å². The molecule has 1 aromatic rings. The zero-order valence-corrected chi connectivity index (χ0v) is 12.6. The second-order valence-corrected chi connectivity index (χ2v) is 5.75. The van der Waals surface area contributed by atoms with Crippen LogP contribution in [-0.2, 0) is 0 Å². The maximum absolute atomic E-state index is 12.5. The molecule has 0 N–H and O–H groups in total. The van der Waals surface area contributed by atoms with Gasteiger partial charge in [-0.25, -0.2) is 0 Å². The summed E-state index contributed by atoms with van der Waals surface area (Å²) in [5, 5.41) is 1.01. The fourth-order valence-electron chi connectivity index (χ4n) is 2.71. The van der Waals surface area contributed by atoms with Crippen molar-refractivity contribution in [3.05, 3.63) is 23.2 Å². The molecule has 4 heteroatoms. The highest BCUT2D eigenvalue weighted by Crippen LogP contribution is 2.25. The molecular formula is C14H20BrNO2. The average molecular weight is 314 g/mol. The van der Waals surface area contributed by atoms with E-state index in [4.69, 9.17) is 4.42 Å². The zero-order chi connectivity index (χ0) is 13.1. The molecule has 100 valence electrons. The van der Waals surface area contributed by atoms with E-state index in [0.29, 0.717) is 6.04 Å². The van der Waals surface area contributed by atoms with Gasteiger partial charge in [0.1, 0.15) is 11.5 Å². The summed E-state index contributed by atoms with van der Waals surface area (Å²) in [5.41, 5.74) is 0.734. The Morgan fingerprint density at radius 2 is 2.33 bits per heavy atom. The summed E-state index contributed by atoms with van der Waals surface area (Å²) >= 11 is 3.46. The SMILES string of the molecule is Cc1cc(C(=O)N2CCCC2CCCBr)c(C)o1. The van der Waals surface area contributed by atoms with Crippen molar-refractivity contribution in [3.63, 3.8) is 0 Å². The van der Waals surface area contributed by atoms with Crippen molar-refractivity contribution in [2.45, 2.75) is 45.6 Å². The van der Waals surface area contributed by atoms with E-state index in [1.807, 2.05) is 24.8 Å². The van der Waals surface area contributed by atoms with E-state index in [1.54, 1.807) is 0 Å². The van der Waals surface area contributed by atoms with E-state index < -0.39 is 0 Å². The minimum absolute atomic E-state index is 0.140. The van der Waals surface area contributed by atoms with Gasteiger partial charge in [0.05, 0.1) is 5.56 Å². The van der Waals surface area contributed by atoms with Crippen LogP contribution in [-0.4, -0.2) is 28.7 Å². The van der Waals surface area contributed by atoms with Crippen LogP contribution in [0.4, 0.5) is 0 Å². The first kappa shape index (κ1) is 13.7. The number of aryl methyl sites for hydroxylation is 2. The summed E-state index contributed by atoms with van der Waals surface area (Å²) in [6.07, 6.45) is 4.47. The molecule has 1 saturated heterocycles. The van der Waals surface area contributed by atoms with Gasteiger partial charge in [0.2, 0.25) is 0 Å². The molecule has 1 amide bonds. The summed E-state index contributed by atoms with van der Waals surface area (Å²) in [7, 11) is 0. The third-order valence-corrected chi connectivity index (χ3v) is 4.14. The molecule has 1 atom stereocenters. The van der Waals surface area contributed by atoms with Crippen LogP contribution in [0.5, 0.6) is 0 Å². The standard InChI is InChI=1S/C14H20BrNO2/c1-10-9-13(11(2)18-10)14(17)16-8-4-6-12(16)5-3-7-15/h9,12H,3-8H2,1-2H3. The maximum Gasteiger partial charge on any atom is 0.257 e. The first-order chi connectivity index (χ1) is 8.63. The lowest BCUT2D eigenvalue weighted by Crippen LogP contribution is -2.35. The number of rotatable bonds is 4. The van der Waals surface area contributed by atoms with Gasteiger partial charge in [-0.05, 0) is 45.6 Å². The molecule has 1 fully saturated rings. The number of likely N-dealkylation sites (tertiary alicyclic amines) is 1. The van der Waals surface area contributed by atoms with Crippen molar-refractivity contribution in [2.75, 3.05) is 11.9 Å². The number of amides is 1. The molecule has 0 bridgehead atoms. The number of carbonyl (C=O) groups is 1. The van der Waals surface area contributed by atoms with Gasteiger partial charge in [-0.2, -0.15) is 0 Å². The van der Waals surface area contributed by atoms with Gasteiger partial charge in [0.25, 0.3) is 5.91 Å². The van der Waals surface area contributed by atoms with Crippen LogP contribution < -0.4 is 0 Å². The van der Waals surface area contributed by atoms with E-state index in [-0.39, 0.29) is 5.91 Å². The van der Waals surface area contributed by atoms with Crippen LogP contribution >= 0.6 is 15.9 Å². The minimum atomic E-state index is 0.140. The second kappa shape index (κ2) is 5.91. The Morgan fingerprint density at radius 1 is 1.56 bits per heavy atom. The fourth-order valence-corrected chi connectivity index (χ4v) is 3.04. The lowest BCUT2D eigenvalue weighted by atomic mass is 10.1. The molecule has 0 spiro atoms. The summed E-state index contributed by atoms with van der Waals surface area (Å²) in [5.74, 6) is 1.69. The molecule has 1 aliphatic rings. The predicted molar refractivity (Wildman–Crippen MR) is 75.3 cm³/mol. The van der Waals surface area contributed by atoms with Crippen molar-refractivity contribution in [1.29, 1.82) is 0 Å². The summed E-state index contributed by atoms with van der Waals surface area (Å²) in [4.78, 5) is 14.5. The first-order valence-electron chi connectivity index (χ1n) is 6.57. The Morgan fingerprint density at radius 3 is 2.94 bits per heavy atom. The molecule has 2 heterocycles. The highest BCUT2D eigenvalue weighted by atomic mass is 79.9. The number of hydrogen-bond donors (Lipinski definition) is 0. The Bertz CT molecular complexity index is 427. The molecule has 1 aliphatic heterocycles. The average Bonchev–Trinajstić information content (AvgIpc) is 2.92. The summed E-state index contributed by atoms with van der Waals surface area (Å²) in [6.45, 7) is 4.63. The molecule has 1 unspecified atom stereocenters. The Balaban J connectivity index is 2.10. The zero-order valence-electron chi connectivity index (χ0n) is 11.0. The van der Waals surface area contributed by atoms with Crippen LogP contribution in [0.3, 0.4) is 0 Å². The summed E-state index contributed by atoms with van der Waals surface area (Å²) in [6, 6.07) is 2.27. The number of hydrogen-bond acceptors (Lipinski definition) is 2. The molecule has 3 nitrogen and oxygen atoms in total. The minimum Gasteiger partial charge on any atom is -0.466 e. The third kappa shape index (κ3) is 2.79. The van der Waals surface area contributed by atoms with E-state index in [0.717, 1.165) is 54.6 Å². The van der Waals surface area contributed by atoms with Crippen LogP contribution in [0.25, 0.3) is 0 Å². The van der Waals surface area contributed by atoms with Crippen LogP contribution in [0.15, 0.2) is 10.5 Å². The third-order valence-electron chi connectivity index (χ3n) is 3.58. The topological polar surface area (TPSA) is 33.5 Å². The molecule has 0 aromatic carbocycles. The van der Waals surface area contributed by atoms with Gasteiger partial charge < -0.3 is 9.32 Å². The van der Waals surface area contributed by atoms with Gasteiger partial charge in [0, 0.05) is 17.9 Å². The van der Waals surface area contributed by atoms with E-state index >= 15 is 0 Å². The molecule has 1 aromatic heterocycles. The Labute approximate surface area is 117 Å². The fraction of sp³-hybridized carbons (Fsp3) is 0.643. The monoisotopic (exact) mass is 313 g/mol. The molecule has 0 aliphatic carbocycles. The quantitative estimate of drug-likeness (QED) is 0.795. The Hall–Kier alpha value is -0.770. The van der Waals surface area contributed by atoms with E-state index in [2.05, 4.69) is 15.9 Å². The molecule has 0 saturated carbocycles. The van der Waals surface area contributed by atoms with Gasteiger partial charge in [-0.15, -0.1) is 0 Å². The van der Waals surface area contributed by atoms with Crippen molar-refractivity contribution >= 4 is 21.8 Å². The normalized spacial score (nSPS) is 19.5. The largest absolute Gasteiger partial charge is 0.466 e. The number of halogens is 1. The lowest BCUT2D eigenvalue weighted by molar-refractivity contribution is 0.0728. The first-order valence-corrected chi connectivity index (χ1v) is 7.69. The van der Waals surface area contributed by atoms with Gasteiger partial charge >= 0.3 is 0 Å². The smallest absolute Gasteiger partial charge is 0.257 e. The second-order valence-electron chi connectivity index (χ2n) is 4.95. The number of alkyl halides is 1. The van der Waals surface area contributed by atoms with Gasteiger partial charge in [0.15, 0.2) is 0 Å². The van der Waals surface area contributed by atoms with Crippen LogP contribution in [0, 0.1) is 13.8 Å². The molecule has 2 rings (SSSR count). The number of carbonyl (C=O) groups excluding carboxylic acids is 1. The van der Waals surface area contributed by atoms with E-state index in [9.17, 15) is 4.79 Å².